The Morgan fingerprint density at radius 1 is 1.21 bits per heavy atom. The topological polar surface area (TPSA) is 82.1 Å². The van der Waals surface area contributed by atoms with Gasteiger partial charge in [0.05, 0.1) is 20.6 Å². The highest BCUT2D eigenvalue weighted by molar-refractivity contribution is 6.01. The van der Waals surface area contributed by atoms with Crippen LogP contribution in [0.15, 0.2) is 36.4 Å². The molecule has 24 heavy (non-hydrogen) atoms. The summed E-state index contributed by atoms with van der Waals surface area (Å²) >= 11 is 0. The van der Waals surface area contributed by atoms with Gasteiger partial charge in [0.2, 0.25) is 0 Å². The number of cyclic esters (lactones) is 1. The van der Waals surface area contributed by atoms with Gasteiger partial charge in [0.1, 0.15) is 17.4 Å². The molecule has 0 spiro atoms. The minimum Gasteiger partial charge on any atom is -0.508 e. The molecule has 124 valence electrons. The summed E-state index contributed by atoms with van der Waals surface area (Å²) in [4.78, 5) is 24.6. The smallest absolute Gasteiger partial charge is 0.343 e. The number of ketones is 1. The number of esters is 1. The zero-order valence-corrected chi connectivity index (χ0v) is 13.2. The average molecular weight is 328 g/mol. The summed E-state index contributed by atoms with van der Waals surface area (Å²) in [7, 11) is 2.92. The first-order chi connectivity index (χ1) is 11.5. The second-order valence-electron chi connectivity index (χ2n) is 5.34. The highest BCUT2D eigenvalue weighted by Crippen LogP contribution is 2.43. The summed E-state index contributed by atoms with van der Waals surface area (Å²) in [6.45, 7) is 0. The fourth-order valence-electron chi connectivity index (χ4n) is 2.79. The van der Waals surface area contributed by atoms with E-state index in [1.54, 1.807) is 24.3 Å². The van der Waals surface area contributed by atoms with E-state index in [1.807, 2.05) is 0 Å². The van der Waals surface area contributed by atoms with Crippen molar-refractivity contribution in [2.24, 2.45) is 0 Å². The highest BCUT2D eigenvalue weighted by Gasteiger charge is 2.36. The van der Waals surface area contributed by atoms with Gasteiger partial charge in [0.25, 0.3) is 0 Å². The summed E-state index contributed by atoms with van der Waals surface area (Å²) < 4.78 is 15.8. The molecule has 0 unspecified atom stereocenters. The number of Topliss-reactive ketones (excluding diaryl/α,β-unsaturated/α-hetero) is 1. The van der Waals surface area contributed by atoms with Gasteiger partial charge < -0.3 is 19.3 Å². The molecular formula is C18H16O6. The van der Waals surface area contributed by atoms with Gasteiger partial charge in [0.15, 0.2) is 17.3 Å². The number of fused-ring (bicyclic) bond motifs is 1. The maximum Gasteiger partial charge on any atom is 0.343 e. The molecule has 2 aromatic carbocycles. The summed E-state index contributed by atoms with van der Waals surface area (Å²) in [5.74, 6) is -0.0441. The standard InChI is InChI=1S/C18H16O6/c1-22-14-7-6-12-15(24-18(21)16(12)17(14)23-2)9-13(20)10-4-3-5-11(19)8-10/h3-8,15,19H,9H2,1-2H3/t15-/m1/s1. The Morgan fingerprint density at radius 3 is 2.67 bits per heavy atom. The number of carbonyl (C=O) groups is 2. The third kappa shape index (κ3) is 2.67. The molecule has 0 fully saturated rings. The number of ether oxygens (including phenoxy) is 3. The first kappa shape index (κ1) is 15.9. The lowest BCUT2D eigenvalue weighted by molar-refractivity contribution is 0.0365. The van der Waals surface area contributed by atoms with Gasteiger partial charge in [0, 0.05) is 11.1 Å². The van der Waals surface area contributed by atoms with Crippen molar-refractivity contribution in [2.75, 3.05) is 14.2 Å². The largest absolute Gasteiger partial charge is 0.508 e. The lowest BCUT2D eigenvalue weighted by Gasteiger charge is -2.12. The average Bonchev–Trinajstić information content (AvgIpc) is 2.90. The van der Waals surface area contributed by atoms with Gasteiger partial charge in [-0.05, 0) is 18.2 Å². The number of aromatic hydroxyl groups is 1. The van der Waals surface area contributed by atoms with Gasteiger partial charge in [-0.25, -0.2) is 4.79 Å². The minimum atomic E-state index is -0.692. The van der Waals surface area contributed by atoms with Crippen LogP contribution in [0.3, 0.4) is 0 Å². The predicted octanol–water partition coefficient (Wildman–Crippen LogP) is 2.89. The number of benzene rings is 2. The third-order valence-corrected chi connectivity index (χ3v) is 3.92. The number of phenols is 1. The molecule has 0 radical (unpaired) electrons. The molecule has 0 aliphatic carbocycles. The van der Waals surface area contributed by atoms with Crippen LogP contribution in [0, 0.1) is 0 Å². The van der Waals surface area contributed by atoms with Crippen LogP contribution in [0.1, 0.15) is 38.8 Å². The van der Waals surface area contributed by atoms with Crippen LogP contribution in [0.5, 0.6) is 17.2 Å². The Kier molecular flexibility index (Phi) is 4.12. The molecule has 3 rings (SSSR count). The molecule has 1 heterocycles. The van der Waals surface area contributed by atoms with Gasteiger partial charge in [-0.2, -0.15) is 0 Å². The van der Waals surface area contributed by atoms with Crippen molar-refractivity contribution in [1.82, 2.24) is 0 Å². The molecular weight excluding hydrogens is 312 g/mol. The number of phenolic OH excluding ortho intramolecular Hbond substituents is 1. The van der Waals surface area contributed by atoms with E-state index in [1.165, 1.54) is 26.4 Å². The second-order valence-corrected chi connectivity index (χ2v) is 5.34. The molecule has 0 bridgehead atoms. The zero-order valence-electron chi connectivity index (χ0n) is 13.2. The van der Waals surface area contributed by atoms with E-state index in [-0.39, 0.29) is 23.5 Å². The molecule has 1 atom stereocenters. The molecule has 0 saturated heterocycles. The summed E-state index contributed by atoms with van der Waals surface area (Å²) in [5.41, 5.74) is 1.23. The van der Waals surface area contributed by atoms with Gasteiger partial charge >= 0.3 is 5.97 Å². The first-order valence-electron chi connectivity index (χ1n) is 7.33. The zero-order chi connectivity index (χ0) is 17.3. The summed E-state index contributed by atoms with van der Waals surface area (Å²) in [5, 5.41) is 9.48. The van der Waals surface area contributed by atoms with Crippen LogP contribution in [-0.4, -0.2) is 31.1 Å². The van der Waals surface area contributed by atoms with Crippen LogP contribution in [0.4, 0.5) is 0 Å². The maximum absolute atomic E-state index is 12.4. The maximum atomic E-state index is 12.4. The Bertz CT molecular complexity index is 811. The molecule has 2 aromatic rings. The van der Waals surface area contributed by atoms with Gasteiger partial charge in [-0.15, -0.1) is 0 Å². The fraction of sp³-hybridized carbons (Fsp3) is 0.222. The van der Waals surface area contributed by atoms with Crippen molar-refractivity contribution >= 4 is 11.8 Å². The third-order valence-electron chi connectivity index (χ3n) is 3.92. The van der Waals surface area contributed by atoms with Crippen LogP contribution in [0.2, 0.25) is 0 Å². The number of methoxy groups -OCH3 is 2. The van der Waals surface area contributed by atoms with E-state index < -0.39 is 12.1 Å². The van der Waals surface area contributed by atoms with Crippen molar-refractivity contribution < 1.29 is 28.9 Å². The van der Waals surface area contributed by atoms with E-state index in [0.717, 1.165) is 0 Å². The van der Waals surface area contributed by atoms with Crippen molar-refractivity contribution in [3.63, 3.8) is 0 Å². The molecule has 1 aliphatic heterocycles. The number of hydrogen-bond donors (Lipinski definition) is 1. The Hall–Kier alpha value is -3.02. The molecule has 6 nitrogen and oxygen atoms in total. The molecule has 0 amide bonds. The monoisotopic (exact) mass is 328 g/mol. The number of carbonyl (C=O) groups excluding carboxylic acids is 2. The van der Waals surface area contributed by atoms with E-state index in [2.05, 4.69) is 0 Å². The van der Waals surface area contributed by atoms with Crippen molar-refractivity contribution in [2.45, 2.75) is 12.5 Å². The molecule has 1 N–H and O–H groups in total. The Labute approximate surface area is 138 Å². The van der Waals surface area contributed by atoms with Crippen LogP contribution >= 0.6 is 0 Å². The van der Waals surface area contributed by atoms with Crippen LogP contribution in [-0.2, 0) is 4.74 Å². The quantitative estimate of drug-likeness (QED) is 0.671. The molecule has 1 aliphatic rings. The van der Waals surface area contributed by atoms with Crippen molar-refractivity contribution in [1.29, 1.82) is 0 Å². The molecule has 0 aromatic heterocycles. The van der Waals surface area contributed by atoms with Crippen molar-refractivity contribution in [3.8, 4) is 17.2 Å². The summed E-state index contributed by atoms with van der Waals surface area (Å²) in [6, 6.07) is 9.43. The Balaban J connectivity index is 1.91. The molecule has 6 heteroatoms. The van der Waals surface area contributed by atoms with Crippen molar-refractivity contribution in [3.05, 3.63) is 53.1 Å². The minimum absolute atomic E-state index is 0.0103. The van der Waals surface area contributed by atoms with E-state index in [9.17, 15) is 14.7 Å². The lowest BCUT2D eigenvalue weighted by Crippen LogP contribution is -2.07. The normalized spacial score (nSPS) is 15.6. The number of rotatable bonds is 5. The summed E-state index contributed by atoms with van der Waals surface area (Å²) in [6.07, 6.45) is -0.709. The fourth-order valence-corrected chi connectivity index (χ4v) is 2.79. The predicted molar refractivity (Wildman–Crippen MR) is 84.8 cm³/mol. The van der Waals surface area contributed by atoms with E-state index in [4.69, 9.17) is 14.2 Å². The van der Waals surface area contributed by atoms with E-state index >= 15 is 0 Å². The Morgan fingerprint density at radius 2 is 2.00 bits per heavy atom. The molecule has 0 saturated carbocycles. The van der Waals surface area contributed by atoms with Crippen LogP contribution < -0.4 is 9.47 Å². The van der Waals surface area contributed by atoms with Gasteiger partial charge in [-0.1, -0.05) is 18.2 Å². The van der Waals surface area contributed by atoms with E-state index in [0.29, 0.717) is 22.6 Å². The second kappa shape index (κ2) is 6.23. The lowest BCUT2D eigenvalue weighted by atomic mass is 9.97. The SMILES string of the molecule is COc1ccc2c(c1OC)C(=O)O[C@@H]2CC(=O)c1cccc(O)c1. The highest BCUT2D eigenvalue weighted by atomic mass is 16.6. The van der Waals surface area contributed by atoms with Gasteiger partial charge in [-0.3, -0.25) is 4.79 Å². The van der Waals surface area contributed by atoms with Crippen LogP contribution in [0.25, 0.3) is 0 Å². The number of hydrogen-bond acceptors (Lipinski definition) is 6. The first-order valence-corrected chi connectivity index (χ1v) is 7.33.